The van der Waals surface area contributed by atoms with Crippen LogP contribution in [0.3, 0.4) is 0 Å². The summed E-state index contributed by atoms with van der Waals surface area (Å²) in [5.74, 6) is 2.10. The van der Waals surface area contributed by atoms with E-state index in [9.17, 15) is 0 Å². The number of nitrogens with zero attached hydrogens (tertiary/aromatic N) is 3. The molecule has 1 saturated heterocycles. The van der Waals surface area contributed by atoms with Gasteiger partial charge in [-0.3, -0.25) is 4.99 Å². The molecule has 2 rings (SSSR count). The fraction of sp³-hybridized carbons (Fsp3) is 0.765. The lowest BCUT2D eigenvalue weighted by Gasteiger charge is -2.26. The molecule has 6 nitrogen and oxygen atoms in total. The van der Waals surface area contributed by atoms with Gasteiger partial charge in [0.15, 0.2) is 5.96 Å². The molecule has 1 fully saturated rings. The Hall–Kier alpha value is -0.830. The van der Waals surface area contributed by atoms with Gasteiger partial charge in [0.1, 0.15) is 5.76 Å². The number of rotatable bonds is 6. The summed E-state index contributed by atoms with van der Waals surface area (Å²) in [4.78, 5) is 6.83. The van der Waals surface area contributed by atoms with Crippen LogP contribution in [-0.4, -0.2) is 55.8 Å². The van der Waals surface area contributed by atoms with Gasteiger partial charge in [0, 0.05) is 38.2 Å². The number of likely N-dealkylation sites (tertiary alicyclic amines) is 1. The van der Waals surface area contributed by atoms with Gasteiger partial charge in [0.25, 0.3) is 0 Å². The first-order valence-electron chi connectivity index (χ1n) is 8.71. The zero-order valence-electron chi connectivity index (χ0n) is 15.4. The van der Waals surface area contributed by atoms with Gasteiger partial charge in [-0.05, 0) is 39.8 Å². The molecule has 2 heterocycles. The Labute approximate surface area is 162 Å². The molecule has 1 aliphatic heterocycles. The van der Waals surface area contributed by atoms with E-state index in [1.807, 2.05) is 20.9 Å². The molecule has 24 heavy (non-hydrogen) atoms. The van der Waals surface area contributed by atoms with Gasteiger partial charge in [-0.2, -0.15) is 0 Å². The first-order chi connectivity index (χ1) is 11.1. The standard InChI is InChI=1S/C17H31N5O.HI/c1-13(16-14(2)21-23-15(16)3)12-20-17(18-4)19-8-11-22-9-6-5-7-10-22;/h13H,5-12H2,1-4H3,(H2,18,19,20);1H. The first kappa shape index (κ1) is 21.2. The Morgan fingerprint density at radius 1 is 1.25 bits per heavy atom. The predicted molar refractivity (Wildman–Crippen MR) is 109 cm³/mol. The molecule has 2 N–H and O–H groups in total. The second-order valence-electron chi connectivity index (χ2n) is 6.42. The van der Waals surface area contributed by atoms with Crippen molar-refractivity contribution in [2.24, 2.45) is 4.99 Å². The first-order valence-corrected chi connectivity index (χ1v) is 8.71. The summed E-state index contributed by atoms with van der Waals surface area (Å²) >= 11 is 0. The van der Waals surface area contributed by atoms with Crippen LogP contribution in [0.5, 0.6) is 0 Å². The molecule has 7 heteroatoms. The van der Waals surface area contributed by atoms with Gasteiger partial charge in [-0.25, -0.2) is 0 Å². The summed E-state index contributed by atoms with van der Waals surface area (Å²) in [5.41, 5.74) is 2.17. The molecule has 0 spiro atoms. The molecule has 1 atom stereocenters. The number of piperidine rings is 1. The molecule has 0 saturated carbocycles. The van der Waals surface area contributed by atoms with Gasteiger partial charge >= 0.3 is 0 Å². The normalized spacial score (nSPS) is 17.2. The van der Waals surface area contributed by atoms with Gasteiger partial charge < -0.3 is 20.1 Å². The van der Waals surface area contributed by atoms with Crippen LogP contribution in [0.1, 0.15) is 49.1 Å². The fourth-order valence-corrected chi connectivity index (χ4v) is 3.28. The second kappa shape index (κ2) is 10.9. The van der Waals surface area contributed by atoms with Gasteiger partial charge in [0.05, 0.1) is 5.69 Å². The molecule has 0 amide bonds. The average Bonchev–Trinajstić information content (AvgIpc) is 2.90. The SMILES string of the molecule is CN=C(NCCN1CCCCC1)NCC(C)c1c(C)noc1C.I. The van der Waals surface area contributed by atoms with E-state index in [0.29, 0.717) is 5.92 Å². The second-order valence-corrected chi connectivity index (χ2v) is 6.42. The smallest absolute Gasteiger partial charge is 0.191 e. The lowest BCUT2D eigenvalue weighted by molar-refractivity contribution is 0.232. The van der Waals surface area contributed by atoms with Crippen LogP contribution in [0.4, 0.5) is 0 Å². The van der Waals surface area contributed by atoms with E-state index in [2.05, 4.69) is 32.6 Å². The third-order valence-electron chi connectivity index (χ3n) is 4.55. The topological polar surface area (TPSA) is 65.7 Å². The number of hydrogen-bond acceptors (Lipinski definition) is 4. The summed E-state index contributed by atoms with van der Waals surface area (Å²) in [6.45, 7) is 11.4. The molecule has 0 radical (unpaired) electrons. The minimum Gasteiger partial charge on any atom is -0.361 e. The molecule has 1 unspecified atom stereocenters. The maximum atomic E-state index is 5.25. The lowest BCUT2D eigenvalue weighted by Crippen LogP contribution is -2.43. The molecule has 0 aliphatic carbocycles. The van der Waals surface area contributed by atoms with Gasteiger partial charge in [-0.1, -0.05) is 18.5 Å². The monoisotopic (exact) mass is 449 g/mol. The van der Waals surface area contributed by atoms with Crippen LogP contribution in [0.15, 0.2) is 9.52 Å². The van der Waals surface area contributed by atoms with Crippen molar-refractivity contribution in [3.63, 3.8) is 0 Å². The Morgan fingerprint density at radius 2 is 1.96 bits per heavy atom. The predicted octanol–water partition coefficient (Wildman–Crippen LogP) is 2.66. The van der Waals surface area contributed by atoms with Crippen molar-refractivity contribution in [1.29, 1.82) is 0 Å². The van der Waals surface area contributed by atoms with Crippen LogP contribution < -0.4 is 10.6 Å². The van der Waals surface area contributed by atoms with Crippen LogP contribution in [0, 0.1) is 13.8 Å². The zero-order valence-corrected chi connectivity index (χ0v) is 17.7. The van der Waals surface area contributed by atoms with Crippen molar-refractivity contribution in [1.82, 2.24) is 20.7 Å². The minimum atomic E-state index is 0. The molecule has 1 aromatic rings. The Kier molecular flexibility index (Phi) is 9.65. The van der Waals surface area contributed by atoms with E-state index in [4.69, 9.17) is 4.52 Å². The van der Waals surface area contributed by atoms with E-state index in [1.165, 1.54) is 37.9 Å². The number of nitrogens with one attached hydrogen (secondary N) is 2. The van der Waals surface area contributed by atoms with Gasteiger partial charge in [0.2, 0.25) is 0 Å². The van der Waals surface area contributed by atoms with Crippen LogP contribution in [0.2, 0.25) is 0 Å². The minimum absolute atomic E-state index is 0. The fourth-order valence-electron chi connectivity index (χ4n) is 3.28. The molecule has 0 aromatic carbocycles. The highest BCUT2D eigenvalue weighted by Crippen LogP contribution is 2.22. The Morgan fingerprint density at radius 3 is 2.54 bits per heavy atom. The number of aryl methyl sites for hydroxylation is 2. The summed E-state index contributed by atoms with van der Waals surface area (Å²) in [7, 11) is 1.82. The van der Waals surface area contributed by atoms with Crippen molar-refractivity contribution in [2.45, 2.75) is 46.0 Å². The summed E-state index contributed by atoms with van der Waals surface area (Å²) < 4.78 is 5.25. The lowest BCUT2D eigenvalue weighted by atomic mass is 10.00. The molecule has 138 valence electrons. The number of halogens is 1. The summed E-state index contributed by atoms with van der Waals surface area (Å²) in [6.07, 6.45) is 4.05. The van der Waals surface area contributed by atoms with E-state index >= 15 is 0 Å². The van der Waals surface area contributed by atoms with Crippen molar-refractivity contribution in [3.05, 3.63) is 17.0 Å². The van der Waals surface area contributed by atoms with Crippen molar-refractivity contribution in [2.75, 3.05) is 39.8 Å². The number of aromatic nitrogens is 1. The summed E-state index contributed by atoms with van der Waals surface area (Å²) in [5, 5.41) is 10.8. The van der Waals surface area contributed by atoms with E-state index in [0.717, 1.165) is 37.0 Å². The third-order valence-corrected chi connectivity index (χ3v) is 4.55. The number of guanidine groups is 1. The molecular weight excluding hydrogens is 417 g/mol. The number of aliphatic imine (C=N–C) groups is 1. The highest BCUT2D eigenvalue weighted by atomic mass is 127. The largest absolute Gasteiger partial charge is 0.361 e. The highest BCUT2D eigenvalue weighted by molar-refractivity contribution is 14.0. The summed E-state index contributed by atoms with van der Waals surface area (Å²) in [6, 6.07) is 0. The molecule has 1 aliphatic rings. The molecular formula is C17H32IN5O. The average molecular weight is 449 g/mol. The van der Waals surface area contributed by atoms with E-state index in [1.54, 1.807) is 0 Å². The van der Waals surface area contributed by atoms with Crippen molar-refractivity contribution >= 4 is 29.9 Å². The van der Waals surface area contributed by atoms with Gasteiger partial charge in [-0.15, -0.1) is 24.0 Å². The molecule has 0 bridgehead atoms. The van der Waals surface area contributed by atoms with Crippen LogP contribution >= 0.6 is 24.0 Å². The Bertz CT molecular complexity index is 492. The zero-order chi connectivity index (χ0) is 16.7. The van der Waals surface area contributed by atoms with Crippen LogP contribution in [0.25, 0.3) is 0 Å². The number of hydrogen-bond donors (Lipinski definition) is 2. The maximum Gasteiger partial charge on any atom is 0.191 e. The highest BCUT2D eigenvalue weighted by Gasteiger charge is 2.16. The van der Waals surface area contributed by atoms with Crippen molar-refractivity contribution < 1.29 is 4.52 Å². The Balaban J connectivity index is 0.00000288. The van der Waals surface area contributed by atoms with E-state index < -0.39 is 0 Å². The molecule has 1 aromatic heterocycles. The van der Waals surface area contributed by atoms with Crippen LogP contribution in [-0.2, 0) is 0 Å². The third kappa shape index (κ3) is 6.23. The quantitative estimate of drug-likeness (QED) is 0.397. The van der Waals surface area contributed by atoms with E-state index in [-0.39, 0.29) is 24.0 Å². The maximum absolute atomic E-state index is 5.25. The van der Waals surface area contributed by atoms with Crippen molar-refractivity contribution in [3.8, 4) is 0 Å².